The summed E-state index contributed by atoms with van der Waals surface area (Å²) in [5, 5.41) is 7.94. The van der Waals surface area contributed by atoms with Gasteiger partial charge in [-0.15, -0.1) is 11.3 Å². The van der Waals surface area contributed by atoms with Crippen molar-refractivity contribution in [3.05, 3.63) is 17.0 Å². The van der Waals surface area contributed by atoms with Crippen LogP contribution in [0.15, 0.2) is 16.3 Å². The molecule has 3 N–H and O–H groups in total. The van der Waals surface area contributed by atoms with Crippen LogP contribution < -0.4 is 10.5 Å². The number of sulfonamides is 1. The molecular formula is C11H16N2O4S2. The molecule has 6 nitrogen and oxygen atoms in total. The summed E-state index contributed by atoms with van der Waals surface area (Å²) in [5.41, 5.74) is 0. The smallest absolute Gasteiger partial charge is 0.247 e. The summed E-state index contributed by atoms with van der Waals surface area (Å²) < 4.78 is 27.5. The number of ether oxygens (including phenoxy) is 1. The zero-order valence-corrected chi connectivity index (χ0v) is 11.9. The van der Waals surface area contributed by atoms with Crippen molar-refractivity contribution in [1.29, 1.82) is 0 Å². The van der Waals surface area contributed by atoms with Crippen molar-refractivity contribution in [2.75, 3.05) is 13.2 Å². The van der Waals surface area contributed by atoms with Gasteiger partial charge in [-0.25, -0.2) is 13.6 Å². The SMILES string of the molecule is NS(=O)(=O)c1ccc(CC(=O)NC2CCOCC2)s1. The maximum absolute atomic E-state index is 11.8. The van der Waals surface area contributed by atoms with Gasteiger partial charge in [-0.3, -0.25) is 4.79 Å². The Morgan fingerprint density at radius 2 is 2.11 bits per heavy atom. The fourth-order valence-corrected chi connectivity index (χ4v) is 3.66. The summed E-state index contributed by atoms with van der Waals surface area (Å²) in [6.45, 7) is 1.33. The lowest BCUT2D eigenvalue weighted by atomic mass is 10.1. The molecule has 1 aromatic heterocycles. The number of nitrogens with one attached hydrogen (secondary N) is 1. The minimum Gasteiger partial charge on any atom is -0.381 e. The molecule has 1 aliphatic heterocycles. The average molecular weight is 304 g/mol. The fourth-order valence-electron chi connectivity index (χ4n) is 1.89. The predicted octanol–water partition coefficient (Wildman–Crippen LogP) is 0.233. The molecule has 2 rings (SSSR count). The second-order valence-corrected chi connectivity index (χ2v) is 7.35. The molecule has 0 aromatic carbocycles. The molecule has 0 atom stereocenters. The predicted molar refractivity (Wildman–Crippen MR) is 71.4 cm³/mol. The monoisotopic (exact) mass is 304 g/mol. The highest BCUT2D eigenvalue weighted by molar-refractivity contribution is 7.91. The van der Waals surface area contributed by atoms with Crippen molar-refractivity contribution < 1.29 is 17.9 Å². The van der Waals surface area contributed by atoms with Gasteiger partial charge in [0.1, 0.15) is 4.21 Å². The first kappa shape index (κ1) is 14.4. The zero-order chi connectivity index (χ0) is 13.9. The first-order chi connectivity index (χ1) is 8.95. The number of carbonyl (C=O) groups is 1. The molecule has 1 saturated heterocycles. The number of carbonyl (C=O) groups excluding carboxylic acids is 1. The Bertz CT molecular complexity index is 547. The van der Waals surface area contributed by atoms with Crippen LogP contribution in [0.5, 0.6) is 0 Å². The van der Waals surface area contributed by atoms with E-state index in [0.29, 0.717) is 18.1 Å². The molecule has 8 heteroatoms. The van der Waals surface area contributed by atoms with Crippen LogP contribution in [0.25, 0.3) is 0 Å². The van der Waals surface area contributed by atoms with E-state index in [4.69, 9.17) is 9.88 Å². The van der Waals surface area contributed by atoms with Crippen LogP contribution in [0.1, 0.15) is 17.7 Å². The van der Waals surface area contributed by atoms with Gasteiger partial charge in [-0.1, -0.05) is 0 Å². The first-order valence-corrected chi connectivity index (χ1v) is 8.30. The first-order valence-electron chi connectivity index (χ1n) is 5.94. The minimum atomic E-state index is -3.67. The summed E-state index contributed by atoms with van der Waals surface area (Å²) in [7, 11) is -3.67. The van der Waals surface area contributed by atoms with E-state index in [-0.39, 0.29) is 22.6 Å². The van der Waals surface area contributed by atoms with Crippen LogP contribution in [0, 0.1) is 0 Å². The van der Waals surface area contributed by atoms with Gasteiger partial charge in [0, 0.05) is 24.1 Å². The summed E-state index contributed by atoms with van der Waals surface area (Å²) in [6.07, 6.45) is 1.81. The molecule has 1 aromatic rings. The maximum atomic E-state index is 11.8. The molecule has 0 unspecified atom stereocenters. The van der Waals surface area contributed by atoms with Crippen LogP contribution in [0.4, 0.5) is 0 Å². The third kappa shape index (κ3) is 4.27. The van der Waals surface area contributed by atoms with E-state index in [1.54, 1.807) is 6.07 Å². The molecule has 0 saturated carbocycles. The van der Waals surface area contributed by atoms with E-state index < -0.39 is 10.0 Å². The van der Waals surface area contributed by atoms with E-state index in [9.17, 15) is 13.2 Å². The molecule has 106 valence electrons. The number of amides is 1. The highest BCUT2D eigenvalue weighted by Gasteiger charge is 2.17. The number of hydrogen-bond acceptors (Lipinski definition) is 5. The van der Waals surface area contributed by atoms with Crippen LogP contribution in [-0.4, -0.2) is 33.6 Å². The highest BCUT2D eigenvalue weighted by atomic mass is 32.2. The van der Waals surface area contributed by atoms with E-state index in [1.807, 2.05) is 0 Å². The lowest BCUT2D eigenvalue weighted by Gasteiger charge is -2.22. The number of rotatable bonds is 4. The standard InChI is InChI=1S/C11H16N2O4S2/c12-19(15,16)11-2-1-9(18-11)7-10(14)13-8-3-5-17-6-4-8/h1-2,8H,3-7H2,(H,13,14)(H2,12,15,16). The van der Waals surface area contributed by atoms with Crippen LogP contribution in [-0.2, 0) is 26.0 Å². The summed E-state index contributed by atoms with van der Waals surface area (Å²) in [6, 6.07) is 3.20. The third-order valence-corrected chi connectivity index (χ3v) is 5.36. The zero-order valence-electron chi connectivity index (χ0n) is 10.3. The second kappa shape index (κ2) is 6.00. The number of hydrogen-bond donors (Lipinski definition) is 2. The van der Waals surface area contributed by atoms with Gasteiger partial charge in [-0.05, 0) is 25.0 Å². The van der Waals surface area contributed by atoms with E-state index in [2.05, 4.69) is 5.32 Å². The van der Waals surface area contributed by atoms with Gasteiger partial charge >= 0.3 is 0 Å². The summed E-state index contributed by atoms with van der Waals surface area (Å²) in [5.74, 6) is -0.102. The molecular weight excluding hydrogens is 288 g/mol. The number of thiophene rings is 1. The molecule has 19 heavy (non-hydrogen) atoms. The second-order valence-electron chi connectivity index (χ2n) is 4.40. The molecule has 2 heterocycles. The Hall–Kier alpha value is -0.960. The summed E-state index contributed by atoms with van der Waals surface area (Å²) in [4.78, 5) is 12.5. The van der Waals surface area contributed by atoms with E-state index in [0.717, 1.165) is 24.2 Å². The Morgan fingerprint density at radius 1 is 1.42 bits per heavy atom. The van der Waals surface area contributed by atoms with Crippen molar-refractivity contribution in [1.82, 2.24) is 5.32 Å². The fraction of sp³-hybridized carbons (Fsp3) is 0.545. The highest BCUT2D eigenvalue weighted by Crippen LogP contribution is 2.20. The van der Waals surface area contributed by atoms with Crippen molar-refractivity contribution >= 4 is 27.3 Å². The summed E-state index contributed by atoms with van der Waals surface area (Å²) >= 11 is 1.03. The Kier molecular flexibility index (Phi) is 4.56. The average Bonchev–Trinajstić information content (AvgIpc) is 2.78. The molecule has 0 aliphatic carbocycles. The quantitative estimate of drug-likeness (QED) is 0.832. The van der Waals surface area contributed by atoms with Gasteiger partial charge in [-0.2, -0.15) is 0 Å². The Morgan fingerprint density at radius 3 is 2.68 bits per heavy atom. The molecule has 0 spiro atoms. The lowest BCUT2D eigenvalue weighted by Crippen LogP contribution is -2.39. The lowest BCUT2D eigenvalue weighted by molar-refractivity contribution is -0.121. The van der Waals surface area contributed by atoms with Gasteiger partial charge < -0.3 is 10.1 Å². The van der Waals surface area contributed by atoms with Gasteiger partial charge in [0.05, 0.1) is 6.42 Å². The largest absolute Gasteiger partial charge is 0.381 e. The van der Waals surface area contributed by atoms with Crippen molar-refractivity contribution in [3.63, 3.8) is 0 Å². The third-order valence-electron chi connectivity index (χ3n) is 2.84. The Labute approximate surface area is 116 Å². The van der Waals surface area contributed by atoms with E-state index in [1.165, 1.54) is 6.07 Å². The van der Waals surface area contributed by atoms with Gasteiger partial charge in [0.25, 0.3) is 0 Å². The van der Waals surface area contributed by atoms with Gasteiger partial charge in [0.15, 0.2) is 0 Å². The van der Waals surface area contributed by atoms with Crippen molar-refractivity contribution in [2.45, 2.75) is 29.5 Å². The maximum Gasteiger partial charge on any atom is 0.247 e. The van der Waals surface area contributed by atoms with Crippen molar-refractivity contribution in [2.24, 2.45) is 5.14 Å². The number of nitrogens with two attached hydrogens (primary N) is 1. The Balaban J connectivity index is 1.90. The van der Waals surface area contributed by atoms with E-state index >= 15 is 0 Å². The van der Waals surface area contributed by atoms with Crippen molar-refractivity contribution in [3.8, 4) is 0 Å². The number of primary sulfonamides is 1. The van der Waals surface area contributed by atoms with Crippen LogP contribution in [0.2, 0.25) is 0 Å². The molecule has 0 radical (unpaired) electrons. The molecule has 1 aliphatic rings. The minimum absolute atomic E-state index is 0.0846. The normalized spacial score (nSPS) is 17.3. The topological polar surface area (TPSA) is 98.5 Å². The van der Waals surface area contributed by atoms with Crippen LogP contribution in [0.3, 0.4) is 0 Å². The molecule has 1 amide bonds. The van der Waals surface area contributed by atoms with Gasteiger partial charge in [0.2, 0.25) is 15.9 Å². The molecule has 1 fully saturated rings. The molecule has 0 bridgehead atoms. The van der Waals surface area contributed by atoms with Crippen LogP contribution >= 0.6 is 11.3 Å².